The van der Waals surface area contributed by atoms with Gasteiger partial charge in [0.05, 0.1) is 18.3 Å². The molecular formula is C11H17N3O4S2. The smallest absolute Gasteiger partial charge is 0.252 e. The fourth-order valence-corrected chi connectivity index (χ4v) is 4.76. The van der Waals surface area contributed by atoms with Crippen LogP contribution in [0.3, 0.4) is 0 Å². The lowest BCUT2D eigenvalue weighted by Gasteiger charge is -2.31. The second-order valence-corrected chi connectivity index (χ2v) is 7.53. The summed E-state index contributed by atoms with van der Waals surface area (Å²) in [7, 11) is -3.60. The highest BCUT2D eigenvalue weighted by molar-refractivity contribution is 7.91. The van der Waals surface area contributed by atoms with E-state index < -0.39 is 15.9 Å². The van der Waals surface area contributed by atoms with E-state index in [4.69, 9.17) is 16.2 Å². The predicted octanol–water partition coefficient (Wildman–Crippen LogP) is -0.415. The summed E-state index contributed by atoms with van der Waals surface area (Å²) in [5.74, 6) is -0.634. The van der Waals surface area contributed by atoms with Crippen LogP contribution in [0.5, 0.6) is 0 Å². The molecule has 1 aliphatic rings. The van der Waals surface area contributed by atoms with Gasteiger partial charge < -0.3 is 16.2 Å². The molecule has 1 aromatic rings. The highest BCUT2D eigenvalue weighted by Crippen LogP contribution is 2.25. The van der Waals surface area contributed by atoms with E-state index in [2.05, 4.69) is 0 Å². The number of nitrogens with two attached hydrogens (primary N) is 2. The minimum absolute atomic E-state index is 0.125. The molecule has 1 aliphatic heterocycles. The lowest BCUT2D eigenvalue weighted by Crippen LogP contribution is -2.45. The highest BCUT2D eigenvalue weighted by Gasteiger charge is 2.31. The summed E-state index contributed by atoms with van der Waals surface area (Å²) in [5.41, 5.74) is 10.8. The molecule has 1 fully saturated rings. The minimum atomic E-state index is -3.60. The Morgan fingerprint density at radius 1 is 1.55 bits per heavy atom. The second-order valence-electron chi connectivity index (χ2n) is 4.45. The van der Waals surface area contributed by atoms with E-state index in [1.165, 1.54) is 15.8 Å². The molecule has 0 aromatic carbocycles. The van der Waals surface area contributed by atoms with Crippen molar-refractivity contribution in [3.05, 3.63) is 17.0 Å². The van der Waals surface area contributed by atoms with Crippen LogP contribution in [0.4, 0.5) is 0 Å². The summed E-state index contributed by atoms with van der Waals surface area (Å²) in [5, 5.41) is 1.45. The van der Waals surface area contributed by atoms with Crippen molar-refractivity contribution < 1.29 is 17.9 Å². The molecule has 0 unspecified atom stereocenters. The van der Waals surface area contributed by atoms with Crippen molar-refractivity contribution >= 4 is 27.3 Å². The van der Waals surface area contributed by atoms with Crippen molar-refractivity contribution in [2.45, 2.75) is 16.7 Å². The lowest BCUT2D eigenvalue weighted by atomic mass is 10.2. The minimum Gasteiger partial charge on any atom is -0.375 e. The van der Waals surface area contributed by atoms with Crippen LogP contribution in [0.25, 0.3) is 0 Å². The molecule has 1 amide bonds. The van der Waals surface area contributed by atoms with E-state index in [1.54, 1.807) is 0 Å². The van der Waals surface area contributed by atoms with Crippen LogP contribution in [0.15, 0.2) is 15.7 Å². The fourth-order valence-electron chi connectivity index (χ4n) is 1.98. The maximum atomic E-state index is 12.5. The van der Waals surface area contributed by atoms with E-state index in [0.717, 1.165) is 11.3 Å². The van der Waals surface area contributed by atoms with Crippen molar-refractivity contribution in [3.8, 4) is 0 Å². The third-order valence-corrected chi connectivity index (χ3v) is 6.32. The first-order chi connectivity index (χ1) is 9.45. The Hall–Kier alpha value is -1.00. The van der Waals surface area contributed by atoms with Gasteiger partial charge in [-0.15, -0.1) is 11.3 Å². The van der Waals surface area contributed by atoms with Gasteiger partial charge in [0.25, 0.3) is 10.0 Å². The predicted molar refractivity (Wildman–Crippen MR) is 75.0 cm³/mol. The van der Waals surface area contributed by atoms with Crippen LogP contribution >= 0.6 is 11.3 Å². The van der Waals surface area contributed by atoms with Crippen LogP contribution in [0.1, 0.15) is 16.8 Å². The summed E-state index contributed by atoms with van der Waals surface area (Å²) in [6, 6.07) is 1.32. The van der Waals surface area contributed by atoms with Gasteiger partial charge in [-0.05, 0) is 19.0 Å². The molecule has 1 aromatic heterocycles. The average molecular weight is 319 g/mol. The third kappa shape index (κ3) is 3.18. The maximum Gasteiger partial charge on any atom is 0.252 e. The number of amides is 1. The van der Waals surface area contributed by atoms with E-state index in [0.29, 0.717) is 26.1 Å². The van der Waals surface area contributed by atoms with Gasteiger partial charge in [0.15, 0.2) is 0 Å². The summed E-state index contributed by atoms with van der Waals surface area (Å²) >= 11 is 0.997. The standard InChI is InChI=1S/C11H17N3O4S2/c12-2-1-9-6-14(3-4-18-9)20(16,17)10-5-8(7-19-10)11(13)15/h5,7,9H,1-4,6,12H2,(H2,13,15)/t9-/m1/s1. The SMILES string of the molecule is NCC[C@@H]1CN(S(=O)(=O)c2cc(C(N)=O)cs2)CCO1. The highest BCUT2D eigenvalue weighted by atomic mass is 32.2. The van der Waals surface area contributed by atoms with Gasteiger partial charge in [0.1, 0.15) is 4.21 Å². The zero-order valence-corrected chi connectivity index (χ0v) is 12.5. The molecule has 9 heteroatoms. The molecular weight excluding hydrogens is 302 g/mol. The summed E-state index contributed by atoms with van der Waals surface area (Å²) in [4.78, 5) is 11.0. The van der Waals surface area contributed by atoms with Crippen LogP contribution in [-0.4, -0.2) is 51.0 Å². The molecule has 0 saturated carbocycles. The Morgan fingerprint density at radius 3 is 2.90 bits per heavy atom. The van der Waals surface area contributed by atoms with Crippen molar-refractivity contribution in [2.24, 2.45) is 11.5 Å². The number of morpholine rings is 1. The number of ether oxygens (including phenoxy) is 1. The van der Waals surface area contributed by atoms with E-state index in [9.17, 15) is 13.2 Å². The molecule has 0 aliphatic carbocycles. The van der Waals surface area contributed by atoms with Gasteiger partial charge in [-0.25, -0.2) is 8.42 Å². The average Bonchev–Trinajstić information content (AvgIpc) is 2.90. The molecule has 0 bridgehead atoms. The summed E-state index contributed by atoms with van der Waals surface area (Å²) < 4.78 is 31.9. The quantitative estimate of drug-likeness (QED) is 0.765. The molecule has 7 nitrogen and oxygen atoms in total. The number of carbonyl (C=O) groups is 1. The molecule has 1 atom stereocenters. The topological polar surface area (TPSA) is 116 Å². The first-order valence-electron chi connectivity index (χ1n) is 6.15. The molecule has 1 saturated heterocycles. The van der Waals surface area contributed by atoms with E-state index in [-0.39, 0.29) is 22.4 Å². The number of hydrogen-bond donors (Lipinski definition) is 2. The number of hydrogen-bond acceptors (Lipinski definition) is 6. The van der Waals surface area contributed by atoms with Gasteiger partial charge in [0, 0.05) is 18.5 Å². The number of primary amides is 1. The number of nitrogens with zero attached hydrogens (tertiary/aromatic N) is 1. The zero-order chi connectivity index (χ0) is 14.8. The van der Waals surface area contributed by atoms with Gasteiger partial charge in [-0.1, -0.05) is 0 Å². The number of thiophene rings is 1. The van der Waals surface area contributed by atoms with Crippen LogP contribution < -0.4 is 11.5 Å². The van der Waals surface area contributed by atoms with Gasteiger partial charge in [-0.2, -0.15) is 4.31 Å². The monoisotopic (exact) mass is 319 g/mol. The van der Waals surface area contributed by atoms with Crippen molar-refractivity contribution in [3.63, 3.8) is 0 Å². The maximum absolute atomic E-state index is 12.5. The van der Waals surface area contributed by atoms with Crippen LogP contribution in [0, 0.1) is 0 Å². The first kappa shape index (κ1) is 15.4. The largest absolute Gasteiger partial charge is 0.375 e. The third-order valence-electron chi connectivity index (χ3n) is 3.04. The normalized spacial score (nSPS) is 20.9. The molecule has 2 heterocycles. The number of sulfonamides is 1. The fraction of sp³-hybridized carbons (Fsp3) is 0.545. The van der Waals surface area contributed by atoms with Crippen molar-refractivity contribution in [1.29, 1.82) is 0 Å². The van der Waals surface area contributed by atoms with E-state index in [1.807, 2.05) is 0 Å². The zero-order valence-electron chi connectivity index (χ0n) is 10.8. The number of rotatable bonds is 5. The number of carbonyl (C=O) groups excluding carboxylic acids is 1. The van der Waals surface area contributed by atoms with Crippen molar-refractivity contribution in [2.75, 3.05) is 26.2 Å². The summed E-state index contributed by atoms with van der Waals surface area (Å²) in [6.45, 7) is 1.37. The van der Waals surface area contributed by atoms with Crippen LogP contribution in [0.2, 0.25) is 0 Å². The molecule has 0 radical (unpaired) electrons. The summed E-state index contributed by atoms with van der Waals surface area (Å²) in [6.07, 6.45) is 0.433. The molecule has 20 heavy (non-hydrogen) atoms. The Balaban J connectivity index is 2.18. The molecule has 0 spiro atoms. The molecule has 4 N–H and O–H groups in total. The molecule has 2 rings (SSSR count). The Labute approximate surface area is 121 Å². The second kappa shape index (κ2) is 6.19. The molecule has 112 valence electrons. The van der Waals surface area contributed by atoms with Crippen molar-refractivity contribution in [1.82, 2.24) is 4.31 Å². The Morgan fingerprint density at radius 2 is 2.30 bits per heavy atom. The van der Waals surface area contributed by atoms with Gasteiger partial charge in [-0.3, -0.25) is 4.79 Å². The van der Waals surface area contributed by atoms with Gasteiger partial charge in [0.2, 0.25) is 5.91 Å². The van der Waals surface area contributed by atoms with E-state index >= 15 is 0 Å². The lowest BCUT2D eigenvalue weighted by molar-refractivity contribution is -0.00400. The Bertz CT molecular complexity index is 582. The van der Waals surface area contributed by atoms with Gasteiger partial charge >= 0.3 is 0 Å². The first-order valence-corrected chi connectivity index (χ1v) is 8.47. The Kier molecular flexibility index (Phi) is 4.76. The van der Waals surface area contributed by atoms with Crippen LogP contribution in [-0.2, 0) is 14.8 Å².